The second kappa shape index (κ2) is 15.1. The minimum absolute atomic E-state index is 0. The number of fused-ring (bicyclic) bond motifs is 7. The van der Waals surface area contributed by atoms with E-state index in [1.807, 2.05) is 6.20 Å². The van der Waals surface area contributed by atoms with Crippen LogP contribution in [0.3, 0.4) is 0 Å². The van der Waals surface area contributed by atoms with E-state index in [0.29, 0.717) is 0 Å². The van der Waals surface area contributed by atoms with E-state index in [0.717, 1.165) is 94.4 Å². The first-order chi connectivity index (χ1) is 29.9. The third-order valence-electron chi connectivity index (χ3n) is 12.5. The Bertz CT molecular complexity index is 3540. The van der Waals surface area contributed by atoms with Crippen LogP contribution in [0.4, 0.5) is 0 Å². The minimum atomic E-state index is -0.0394. The maximum absolute atomic E-state index is 5.68. The summed E-state index contributed by atoms with van der Waals surface area (Å²) in [5.41, 5.74) is 15.9. The molecule has 0 spiro atoms. The van der Waals surface area contributed by atoms with Crippen molar-refractivity contribution in [2.24, 2.45) is 0 Å². The largest absolute Gasteiger partial charge is 2.00 e. The summed E-state index contributed by atoms with van der Waals surface area (Å²) < 4.78 is 4.62. The fraction of sp³-hybridized carbons (Fsp3) is 0.158. The number of hydrogen-bond donors (Lipinski definition) is 0. The summed E-state index contributed by atoms with van der Waals surface area (Å²) in [7, 11) is 0. The van der Waals surface area contributed by atoms with E-state index in [-0.39, 0.29) is 31.9 Å². The monoisotopic (exact) mass is 996 g/mol. The van der Waals surface area contributed by atoms with Crippen LogP contribution in [0.25, 0.3) is 99.8 Å². The summed E-state index contributed by atoms with van der Waals surface area (Å²) in [5.74, 6) is 1.73. The molecule has 11 aromatic rings. The molecule has 0 aliphatic carbocycles. The van der Waals surface area contributed by atoms with Crippen LogP contribution >= 0.6 is 0 Å². The number of nitrogens with zero attached hydrogens (tertiary/aromatic N) is 5. The van der Waals surface area contributed by atoms with Crippen molar-refractivity contribution in [1.82, 2.24) is 24.1 Å². The van der Waals surface area contributed by atoms with Crippen molar-refractivity contribution in [1.29, 1.82) is 0 Å². The molecule has 0 radical (unpaired) electrons. The summed E-state index contributed by atoms with van der Waals surface area (Å²) in [5, 5.41) is 4.57. The van der Waals surface area contributed by atoms with E-state index in [1.54, 1.807) is 0 Å². The molecule has 0 fully saturated rings. The molecule has 63 heavy (non-hydrogen) atoms. The second-order valence-electron chi connectivity index (χ2n) is 18.8. The molecule has 6 heteroatoms. The number of imidazole rings is 1. The van der Waals surface area contributed by atoms with E-state index in [1.165, 1.54) is 22.1 Å². The van der Waals surface area contributed by atoms with Crippen LogP contribution in [0, 0.1) is 13.0 Å². The molecule has 5 nitrogen and oxygen atoms in total. The maximum atomic E-state index is 5.68. The molecule has 4 heterocycles. The predicted molar refractivity (Wildman–Crippen MR) is 259 cm³/mol. The van der Waals surface area contributed by atoms with Crippen LogP contribution in [0.1, 0.15) is 58.2 Å². The summed E-state index contributed by atoms with van der Waals surface area (Å²) in [6.07, 6.45) is 1.94. The fourth-order valence-electron chi connectivity index (χ4n) is 9.11. The molecule has 0 bridgehead atoms. The van der Waals surface area contributed by atoms with Gasteiger partial charge in [-0.05, 0) is 110 Å². The molecule has 310 valence electrons. The van der Waals surface area contributed by atoms with Gasteiger partial charge in [0.15, 0.2) is 0 Å². The van der Waals surface area contributed by atoms with Gasteiger partial charge in [0, 0.05) is 23.0 Å². The zero-order chi connectivity index (χ0) is 42.5. The molecule has 0 unspecified atom stereocenters. The van der Waals surface area contributed by atoms with Crippen molar-refractivity contribution < 1.29 is 21.1 Å². The number of pyridine rings is 1. The van der Waals surface area contributed by atoms with Crippen molar-refractivity contribution in [3.63, 3.8) is 0 Å². The molecule has 11 rings (SSSR count). The Morgan fingerprint density at radius 2 is 1.29 bits per heavy atom. The van der Waals surface area contributed by atoms with Crippen molar-refractivity contribution in [2.45, 2.75) is 59.3 Å². The summed E-state index contributed by atoms with van der Waals surface area (Å²) in [6.45, 7) is 15.7. The van der Waals surface area contributed by atoms with Crippen molar-refractivity contribution in [2.75, 3.05) is 0 Å². The van der Waals surface area contributed by atoms with E-state index in [2.05, 4.69) is 215 Å². The SMILES string of the molecule is Cc1ccc(-n2c(-c3cc(-c4ccccc4)cc4c3[n-]c3ccccc34)nc3c(-c4[c-]c5c(cc4)c4ccc(C(C)(C)C)cc4n5-c4cc(C(C)(C)C)ccn4)cccc32)cc1.[Pt+2]. The Morgan fingerprint density at radius 1 is 0.556 bits per heavy atom. The normalized spacial score (nSPS) is 12.2. The van der Waals surface area contributed by atoms with Gasteiger partial charge < -0.3 is 9.55 Å². The van der Waals surface area contributed by atoms with Gasteiger partial charge in [-0.25, -0.2) is 9.97 Å². The first-order valence-electron chi connectivity index (χ1n) is 21.5. The molecular formula is C57H47N5Pt. The van der Waals surface area contributed by atoms with Crippen molar-refractivity contribution in [3.8, 4) is 45.1 Å². The predicted octanol–water partition coefficient (Wildman–Crippen LogP) is 14.5. The number of benzene rings is 7. The Balaban J connectivity index is 0.00000471. The minimum Gasteiger partial charge on any atom is -0.656 e. The standard InChI is InChI=1S/C57H47N5.Pt/c1-35-20-24-41(25-21-35)61-49-19-13-17-42(54(49)60-55(61)47-31-38(36-14-9-8-10-15-36)30-46-43-16-11-12-18-48(43)59-53(46)47)37-22-26-44-45-27-23-39(56(2,3)4)33-51(45)62(50(44)32-37)52-34-40(28-29-58-52)57(5,6)7;/h8-31,33-34H,1-7H3;/q-2;+2. The first-order valence-corrected chi connectivity index (χ1v) is 21.5. The third-order valence-corrected chi connectivity index (χ3v) is 12.5. The van der Waals surface area contributed by atoms with Crippen LogP contribution < -0.4 is 4.98 Å². The molecule has 0 aliphatic rings. The average Bonchev–Trinajstić information content (AvgIpc) is 3.95. The average molecular weight is 997 g/mol. The maximum Gasteiger partial charge on any atom is 2.00 e. The van der Waals surface area contributed by atoms with Crippen molar-refractivity contribution >= 4 is 54.6 Å². The van der Waals surface area contributed by atoms with Crippen LogP contribution in [0.15, 0.2) is 158 Å². The van der Waals surface area contributed by atoms with Gasteiger partial charge in [-0.3, -0.25) is 4.57 Å². The molecule has 0 aliphatic heterocycles. The van der Waals surface area contributed by atoms with E-state index < -0.39 is 0 Å². The van der Waals surface area contributed by atoms with E-state index >= 15 is 0 Å². The zero-order valence-corrected chi connectivity index (χ0v) is 38.8. The van der Waals surface area contributed by atoms with Gasteiger partial charge in [0.05, 0.1) is 11.0 Å². The Labute approximate surface area is 382 Å². The molecule has 0 N–H and O–H groups in total. The topological polar surface area (TPSA) is 49.7 Å². The summed E-state index contributed by atoms with van der Waals surface area (Å²) in [6, 6.07) is 58.6. The first kappa shape index (κ1) is 40.5. The second-order valence-corrected chi connectivity index (χ2v) is 18.8. The third kappa shape index (κ3) is 6.82. The molecule has 0 amide bonds. The van der Waals surface area contributed by atoms with Crippen LogP contribution in [-0.4, -0.2) is 19.1 Å². The smallest absolute Gasteiger partial charge is 0.656 e. The van der Waals surface area contributed by atoms with Gasteiger partial charge in [-0.1, -0.05) is 149 Å². The molecular weight excluding hydrogens is 950 g/mol. The van der Waals surface area contributed by atoms with Crippen LogP contribution in [0.5, 0.6) is 0 Å². The number of aryl methyl sites for hydroxylation is 1. The Morgan fingerprint density at radius 3 is 2.06 bits per heavy atom. The molecule has 0 atom stereocenters. The van der Waals surface area contributed by atoms with Crippen LogP contribution in [0.2, 0.25) is 0 Å². The van der Waals surface area contributed by atoms with Gasteiger partial charge in [-0.2, -0.15) is 0 Å². The Hall–Kier alpha value is -6.55. The molecule has 0 saturated carbocycles. The molecule has 4 aromatic heterocycles. The van der Waals surface area contributed by atoms with Crippen LogP contribution in [-0.2, 0) is 31.9 Å². The number of para-hydroxylation sites is 2. The van der Waals surface area contributed by atoms with Gasteiger partial charge >= 0.3 is 21.1 Å². The van der Waals surface area contributed by atoms with Gasteiger partial charge in [0.25, 0.3) is 0 Å². The van der Waals surface area contributed by atoms with Gasteiger partial charge in [0.2, 0.25) is 0 Å². The Kier molecular flexibility index (Phi) is 9.69. The van der Waals surface area contributed by atoms with Crippen molar-refractivity contribution in [3.05, 3.63) is 181 Å². The summed E-state index contributed by atoms with van der Waals surface area (Å²) >= 11 is 0. The fourth-order valence-corrected chi connectivity index (χ4v) is 9.11. The van der Waals surface area contributed by atoms with E-state index in [9.17, 15) is 0 Å². The number of hydrogen-bond acceptors (Lipinski definition) is 2. The van der Waals surface area contributed by atoms with Gasteiger partial charge in [0.1, 0.15) is 11.6 Å². The summed E-state index contributed by atoms with van der Waals surface area (Å²) in [4.78, 5) is 16.0. The van der Waals surface area contributed by atoms with Gasteiger partial charge in [-0.15, -0.1) is 34.8 Å². The molecule has 0 saturated heterocycles. The quantitative estimate of drug-likeness (QED) is 0.161. The van der Waals surface area contributed by atoms with E-state index in [4.69, 9.17) is 15.0 Å². The molecule has 7 aromatic carbocycles. The zero-order valence-electron chi connectivity index (χ0n) is 36.6. The number of rotatable bonds is 5. The number of aromatic nitrogens is 5.